The molecule has 1 aliphatic rings. The summed E-state index contributed by atoms with van der Waals surface area (Å²) in [6.45, 7) is 6.84. The maximum Gasteiger partial charge on any atom is 0.410 e. The smallest absolute Gasteiger partial charge is 0.410 e. The van der Waals surface area contributed by atoms with Crippen LogP contribution in [0.25, 0.3) is 11.1 Å². The Hall–Kier alpha value is -2.51. The molecule has 7 nitrogen and oxygen atoms in total. The van der Waals surface area contributed by atoms with Crippen LogP contribution in [0.1, 0.15) is 32.8 Å². The molecule has 0 spiro atoms. The summed E-state index contributed by atoms with van der Waals surface area (Å²) in [7, 11) is 0. The summed E-state index contributed by atoms with van der Waals surface area (Å²) in [4.78, 5) is 15.0. The van der Waals surface area contributed by atoms with E-state index >= 15 is 0 Å². The van der Waals surface area contributed by atoms with Gasteiger partial charge >= 0.3 is 6.09 Å². The number of nitrogens with two attached hydrogens (primary N) is 1. The molecule has 4 N–H and O–H groups in total. The lowest BCUT2D eigenvalue weighted by Gasteiger charge is -2.27. The van der Waals surface area contributed by atoms with Gasteiger partial charge in [0.15, 0.2) is 0 Å². The molecule has 0 aliphatic carbocycles. The number of amides is 1. The summed E-state index contributed by atoms with van der Waals surface area (Å²) >= 11 is 6.44. The Morgan fingerprint density at radius 2 is 2.18 bits per heavy atom. The Balaban J connectivity index is 1.87. The number of benzene rings is 1. The minimum absolute atomic E-state index is 0.239. The maximum atomic E-state index is 10.9. The van der Waals surface area contributed by atoms with Crippen molar-refractivity contribution in [1.82, 2.24) is 4.98 Å². The van der Waals surface area contributed by atoms with Crippen molar-refractivity contribution in [3.63, 3.8) is 0 Å². The van der Waals surface area contributed by atoms with Gasteiger partial charge < -0.3 is 20.3 Å². The zero-order valence-electron chi connectivity index (χ0n) is 16.1. The Labute approximate surface area is 168 Å². The minimum Gasteiger partial charge on any atom is -0.490 e. The molecule has 1 unspecified atom stereocenters. The van der Waals surface area contributed by atoms with Crippen LogP contribution in [0.15, 0.2) is 24.4 Å². The van der Waals surface area contributed by atoms with E-state index in [9.17, 15) is 4.79 Å². The molecular formula is C20H24ClN3O4. The van der Waals surface area contributed by atoms with Gasteiger partial charge in [-0.1, -0.05) is 25.4 Å². The molecule has 2 heterocycles. The summed E-state index contributed by atoms with van der Waals surface area (Å²) in [5.74, 6) is 1.81. The first-order valence-electron chi connectivity index (χ1n) is 9.02. The van der Waals surface area contributed by atoms with Gasteiger partial charge in [0, 0.05) is 28.9 Å². The van der Waals surface area contributed by atoms with Crippen molar-refractivity contribution in [1.29, 1.82) is 0 Å². The molecule has 0 bridgehead atoms. The van der Waals surface area contributed by atoms with Gasteiger partial charge in [-0.25, -0.2) is 9.78 Å². The number of fused-ring (bicyclic) bond motifs is 3. The van der Waals surface area contributed by atoms with Crippen LogP contribution in [-0.2, 0) is 6.61 Å². The van der Waals surface area contributed by atoms with Crippen LogP contribution in [0, 0.1) is 5.92 Å². The molecule has 0 saturated carbocycles. The van der Waals surface area contributed by atoms with E-state index in [0.29, 0.717) is 35.7 Å². The number of nitrogens with zero attached hydrogens (tertiary/aromatic N) is 1. The summed E-state index contributed by atoms with van der Waals surface area (Å²) in [6.07, 6.45) is 1.24. The number of hydrogen-bond acceptors (Lipinski definition) is 5. The number of anilines is 1. The Morgan fingerprint density at radius 3 is 2.86 bits per heavy atom. The van der Waals surface area contributed by atoms with Crippen molar-refractivity contribution in [3.8, 4) is 22.6 Å². The Morgan fingerprint density at radius 1 is 1.43 bits per heavy atom. The summed E-state index contributed by atoms with van der Waals surface area (Å²) < 4.78 is 11.7. The van der Waals surface area contributed by atoms with Gasteiger partial charge in [0.1, 0.15) is 30.5 Å². The van der Waals surface area contributed by atoms with Gasteiger partial charge in [-0.3, -0.25) is 5.32 Å². The molecule has 0 fully saturated rings. The van der Waals surface area contributed by atoms with Crippen LogP contribution in [0.3, 0.4) is 0 Å². The van der Waals surface area contributed by atoms with Crippen molar-refractivity contribution < 1.29 is 19.4 Å². The zero-order valence-corrected chi connectivity index (χ0v) is 16.8. The average molecular weight is 406 g/mol. The van der Waals surface area contributed by atoms with Gasteiger partial charge in [-0.05, 0) is 37.0 Å². The highest BCUT2D eigenvalue weighted by Gasteiger charge is 2.24. The standard InChI is InChI=1S/C20H24ClN3O4/c1-11(2)7-20(3,22)10-28-17-6-16-14(4-15(17)21)13-5-18(24-19(25)26)23-8-12(13)9-27-16/h4-6,8,11H,7,9-10,22H2,1-3H3,(H,23,24)(H,25,26). The molecule has 8 heteroatoms. The largest absolute Gasteiger partial charge is 0.490 e. The van der Waals surface area contributed by atoms with E-state index in [2.05, 4.69) is 24.1 Å². The number of rotatable bonds is 6. The van der Waals surface area contributed by atoms with Crippen molar-refractivity contribution in [2.24, 2.45) is 11.7 Å². The predicted octanol–water partition coefficient (Wildman–Crippen LogP) is 4.53. The highest BCUT2D eigenvalue weighted by Crippen LogP contribution is 2.43. The molecule has 0 saturated heterocycles. The fourth-order valence-electron chi connectivity index (χ4n) is 3.39. The molecule has 1 atom stereocenters. The second-order valence-corrected chi connectivity index (χ2v) is 8.17. The van der Waals surface area contributed by atoms with E-state index in [-0.39, 0.29) is 5.82 Å². The van der Waals surface area contributed by atoms with E-state index < -0.39 is 11.6 Å². The van der Waals surface area contributed by atoms with E-state index in [1.165, 1.54) is 0 Å². The van der Waals surface area contributed by atoms with Crippen LogP contribution in [0.4, 0.5) is 10.6 Å². The third kappa shape index (κ3) is 4.66. The predicted molar refractivity (Wildman–Crippen MR) is 108 cm³/mol. The molecule has 1 aromatic heterocycles. The SMILES string of the molecule is CC(C)CC(C)(N)COc1cc2c(cc1Cl)-c1cc(NC(=O)O)ncc1CO2. The van der Waals surface area contributed by atoms with Crippen molar-refractivity contribution >= 4 is 23.5 Å². The second kappa shape index (κ2) is 7.85. The Bertz CT molecular complexity index is 899. The number of halogens is 1. The molecular weight excluding hydrogens is 382 g/mol. The average Bonchev–Trinajstić information content (AvgIpc) is 2.58. The first-order valence-corrected chi connectivity index (χ1v) is 9.40. The summed E-state index contributed by atoms with van der Waals surface area (Å²) in [5.41, 5.74) is 8.26. The molecule has 150 valence electrons. The zero-order chi connectivity index (χ0) is 20.5. The first-order chi connectivity index (χ1) is 13.1. The number of nitrogens with one attached hydrogen (secondary N) is 1. The van der Waals surface area contributed by atoms with E-state index in [1.54, 1.807) is 24.4 Å². The highest BCUT2D eigenvalue weighted by atomic mass is 35.5. The van der Waals surface area contributed by atoms with E-state index in [4.69, 9.17) is 31.9 Å². The van der Waals surface area contributed by atoms with Crippen LogP contribution < -0.4 is 20.5 Å². The van der Waals surface area contributed by atoms with Crippen LogP contribution in [0.2, 0.25) is 5.02 Å². The minimum atomic E-state index is -1.17. The van der Waals surface area contributed by atoms with E-state index in [1.807, 2.05) is 6.92 Å². The maximum absolute atomic E-state index is 10.9. The van der Waals surface area contributed by atoms with Crippen LogP contribution in [0.5, 0.6) is 11.5 Å². The quantitative estimate of drug-likeness (QED) is 0.651. The lowest BCUT2D eigenvalue weighted by atomic mass is 9.93. The summed E-state index contributed by atoms with van der Waals surface area (Å²) in [5, 5.41) is 11.6. The number of aromatic nitrogens is 1. The van der Waals surface area contributed by atoms with Gasteiger partial charge in [0.25, 0.3) is 0 Å². The Kier molecular flexibility index (Phi) is 5.67. The molecule has 1 aliphatic heterocycles. The number of carbonyl (C=O) groups is 1. The molecule has 2 aromatic rings. The van der Waals surface area contributed by atoms with Crippen molar-refractivity contribution in [3.05, 3.63) is 35.0 Å². The summed E-state index contributed by atoms with van der Waals surface area (Å²) in [6, 6.07) is 5.17. The number of carboxylic acid groups (broad SMARTS) is 1. The highest BCUT2D eigenvalue weighted by molar-refractivity contribution is 6.32. The number of ether oxygens (including phenoxy) is 2. The topological polar surface area (TPSA) is 107 Å². The monoisotopic (exact) mass is 405 g/mol. The van der Waals surface area contributed by atoms with Crippen molar-refractivity contribution in [2.45, 2.75) is 39.3 Å². The van der Waals surface area contributed by atoms with Gasteiger partial charge in [0.2, 0.25) is 0 Å². The normalized spacial score (nSPS) is 14.5. The van der Waals surface area contributed by atoms with Crippen molar-refractivity contribution in [2.75, 3.05) is 11.9 Å². The lowest BCUT2D eigenvalue weighted by Crippen LogP contribution is -2.43. The van der Waals surface area contributed by atoms with E-state index in [0.717, 1.165) is 23.1 Å². The first kappa shape index (κ1) is 20.2. The van der Waals surface area contributed by atoms with Gasteiger partial charge in [-0.15, -0.1) is 0 Å². The third-order valence-corrected chi connectivity index (χ3v) is 4.66. The molecule has 28 heavy (non-hydrogen) atoms. The van der Waals surface area contributed by atoms with Crippen LogP contribution in [-0.4, -0.2) is 28.3 Å². The fourth-order valence-corrected chi connectivity index (χ4v) is 3.61. The van der Waals surface area contributed by atoms with Gasteiger partial charge in [0.05, 0.1) is 5.02 Å². The molecule has 1 amide bonds. The van der Waals surface area contributed by atoms with Gasteiger partial charge in [-0.2, -0.15) is 0 Å². The number of hydrogen-bond donors (Lipinski definition) is 3. The van der Waals surface area contributed by atoms with Crippen LogP contribution >= 0.6 is 11.6 Å². The lowest BCUT2D eigenvalue weighted by molar-refractivity contribution is 0.205. The fraction of sp³-hybridized carbons (Fsp3) is 0.400. The third-order valence-electron chi connectivity index (χ3n) is 4.36. The molecule has 0 radical (unpaired) electrons. The molecule has 1 aromatic carbocycles. The number of pyridine rings is 1. The molecule has 3 rings (SSSR count). The second-order valence-electron chi connectivity index (χ2n) is 7.76.